The summed E-state index contributed by atoms with van der Waals surface area (Å²) in [7, 11) is -2.87. The standard InChI is InChI=1S/C20H24F3N3O3S/c1-14(15-4-3-5-17(12-15)29-2)25-8-10-26(11-9-25)16-6-7-19(30(24,27)28)18(13-16)20(21,22)23/h3-7,12-14H,8-11H2,1-2H3,(H2,24,27,28). The third-order valence-corrected chi connectivity index (χ3v) is 6.35. The minimum Gasteiger partial charge on any atom is -0.497 e. The predicted octanol–water partition coefficient (Wildman–Crippen LogP) is 3.24. The molecule has 0 saturated carbocycles. The van der Waals surface area contributed by atoms with Crippen LogP contribution in [0, 0.1) is 0 Å². The Morgan fingerprint density at radius 3 is 2.30 bits per heavy atom. The molecule has 0 amide bonds. The number of nitrogens with two attached hydrogens (primary N) is 1. The van der Waals surface area contributed by atoms with Crippen LogP contribution < -0.4 is 14.8 Å². The first-order valence-electron chi connectivity index (χ1n) is 9.37. The number of piperazine rings is 1. The second kappa shape index (κ2) is 8.44. The van der Waals surface area contributed by atoms with Gasteiger partial charge in [0.2, 0.25) is 10.0 Å². The van der Waals surface area contributed by atoms with E-state index in [1.807, 2.05) is 29.2 Å². The highest BCUT2D eigenvalue weighted by molar-refractivity contribution is 7.89. The van der Waals surface area contributed by atoms with Crippen LogP contribution in [0.15, 0.2) is 47.4 Å². The molecule has 1 saturated heterocycles. The van der Waals surface area contributed by atoms with Crippen molar-refractivity contribution in [2.24, 2.45) is 5.14 Å². The Kier molecular flexibility index (Phi) is 6.30. The van der Waals surface area contributed by atoms with Gasteiger partial charge in [-0.15, -0.1) is 0 Å². The van der Waals surface area contributed by atoms with E-state index in [-0.39, 0.29) is 6.04 Å². The third kappa shape index (κ3) is 4.88. The zero-order valence-electron chi connectivity index (χ0n) is 16.7. The number of benzene rings is 2. The zero-order chi connectivity index (χ0) is 22.1. The van der Waals surface area contributed by atoms with Gasteiger partial charge in [0.25, 0.3) is 0 Å². The van der Waals surface area contributed by atoms with Gasteiger partial charge in [0.1, 0.15) is 5.75 Å². The maximum absolute atomic E-state index is 13.4. The van der Waals surface area contributed by atoms with Gasteiger partial charge >= 0.3 is 6.18 Å². The van der Waals surface area contributed by atoms with Gasteiger partial charge in [0.15, 0.2) is 0 Å². The lowest BCUT2D eigenvalue weighted by molar-refractivity contribution is -0.139. The summed E-state index contributed by atoms with van der Waals surface area (Å²) in [4.78, 5) is 3.15. The highest BCUT2D eigenvalue weighted by Gasteiger charge is 2.37. The fourth-order valence-corrected chi connectivity index (χ4v) is 4.40. The van der Waals surface area contributed by atoms with E-state index < -0.39 is 26.7 Å². The third-order valence-electron chi connectivity index (χ3n) is 5.38. The average Bonchev–Trinajstić information content (AvgIpc) is 2.71. The SMILES string of the molecule is COc1cccc(C(C)N2CCN(c3ccc(S(N)(=O)=O)c(C(F)(F)F)c3)CC2)c1. The largest absolute Gasteiger partial charge is 0.497 e. The monoisotopic (exact) mass is 443 g/mol. The second-order valence-electron chi connectivity index (χ2n) is 7.20. The molecule has 2 aromatic carbocycles. The van der Waals surface area contributed by atoms with E-state index in [4.69, 9.17) is 9.88 Å². The minimum absolute atomic E-state index is 0.123. The molecule has 2 N–H and O–H groups in total. The fraction of sp³-hybridized carbons (Fsp3) is 0.400. The number of anilines is 1. The van der Waals surface area contributed by atoms with Gasteiger partial charge in [-0.2, -0.15) is 13.2 Å². The molecule has 1 unspecified atom stereocenters. The Balaban J connectivity index is 1.76. The highest BCUT2D eigenvalue weighted by atomic mass is 32.2. The Bertz CT molecular complexity index is 1000. The van der Waals surface area contributed by atoms with Gasteiger partial charge in [-0.1, -0.05) is 12.1 Å². The molecule has 0 aliphatic carbocycles. The first-order chi connectivity index (χ1) is 14.0. The van der Waals surface area contributed by atoms with Gasteiger partial charge in [-0.05, 0) is 42.8 Å². The number of hydrogen-bond donors (Lipinski definition) is 1. The summed E-state index contributed by atoms with van der Waals surface area (Å²) in [5, 5.41) is 4.95. The number of rotatable bonds is 5. The lowest BCUT2D eigenvalue weighted by Gasteiger charge is -2.39. The van der Waals surface area contributed by atoms with E-state index in [1.54, 1.807) is 7.11 Å². The van der Waals surface area contributed by atoms with Crippen molar-refractivity contribution in [2.75, 3.05) is 38.2 Å². The molecule has 0 radical (unpaired) electrons. The van der Waals surface area contributed by atoms with Crippen LogP contribution in [-0.4, -0.2) is 46.6 Å². The number of alkyl halides is 3. The van der Waals surface area contributed by atoms with Crippen LogP contribution in [0.3, 0.4) is 0 Å². The number of ether oxygens (including phenoxy) is 1. The normalized spacial score (nSPS) is 17.1. The number of primary sulfonamides is 1. The van der Waals surface area contributed by atoms with Crippen LogP contribution in [0.1, 0.15) is 24.1 Å². The molecule has 1 aliphatic rings. The molecule has 0 spiro atoms. The molecule has 0 bridgehead atoms. The molecule has 10 heteroatoms. The van der Waals surface area contributed by atoms with Crippen molar-refractivity contribution in [1.82, 2.24) is 4.90 Å². The summed E-state index contributed by atoms with van der Waals surface area (Å²) in [6.45, 7) is 4.40. The zero-order valence-corrected chi connectivity index (χ0v) is 17.5. The molecule has 3 rings (SSSR count). The Morgan fingerprint density at radius 2 is 1.73 bits per heavy atom. The van der Waals surface area contributed by atoms with Gasteiger partial charge in [0, 0.05) is 37.9 Å². The summed E-state index contributed by atoms with van der Waals surface area (Å²) in [6, 6.07) is 11.1. The number of nitrogens with zero attached hydrogens (tertiary/aromatic N) is 2. The quantitative estimate of drug-likeness (QED) is 0.768. The van der Waals surface area contributed by atoms with Crippen LogP contribution in [0.5, 0.6) is 5.75 Å². The van der Waals surface area contributed by atoms with Gasteiger partial charge in [0.05, 0.1) is 17.6 Å². The average molecular weight is 443 g/mol. The smallest absolute Gasteiger partial charge is 0.417 e. The van der Waals surface area contributed by atoms with E-state index in [2.05, 4.69) is 11.8 Å². The Labute approximate surface area is 174 Å². The molecule has 1 atom stereocenters. The van der Waals surface area contributed by atoms with Gasteiger partial charge in [-0.3, -0.25) is 4.90 Å². The lowest BCUT2D eigenvalue weighted by atomic mass is 10.1. The summed E-state index contributed by atoms with van der Waals surface area (Å²) in [5.74, 6) is 0.771. The molecular weight excluding hydrogens is 419 g/mol. The van der Waals surface area contributed by atoms with Crippen LogP contribution in [0.4, 0.5) is 18.9 Å². The Morgan fingerprint density at radius 1 is 1.07 bits per heavy atom. The number of methoxy groups -OCH3 is 1. The fourth-order valence-electron chi connectivity index (χ4n) is 3.66. The van der Waals surface area contributed by atoms with Crippen LogP contribution in [0.25, 0.3) is 0 Å². The number of hydrogen-bond acceptors (Lipinski definition) is 5. The van der Waals surface area contributed by atoms with Crippen molar-refractivity contribution in [3.05, 3.63) is 53.6 Å². The summed E-state index contributed by atoms with van der Waals surface area (Å²) < 4.78 is 68.5. The first kappa shape index (κ1) is 22.4. The predicted molar refractivity (Wildman–Crippen MR) is 108 cm³/mol. The van der Waals surface area contributed by atoms with E-state index >= 15 is 0 Å². The summed E-state index contributed by atoms with van der Waals surface area (Å²) in [6.07, 6.45) is -4.82. The molecule has 0 aromatic heterocycles. The van der Waals surface area contributed by atoms with E-state index in [0.29, 0.717) is 31.9 Å². The summed E-state index contributed by atoms with van der Waals surface area (Å²) >= 11 is 0. The molecule has 6 nitrogen and oxygen atoms in total. The number of halogens is 3. The Hall–Kier alpha value is -2.30. The van der Waals surface area contributed by atoms with Crippen LogP contribution in [0.2, 0.25) is 0 Å². The van der Waals surface area contributed by atoms with E-state index in [0.717, 1.165) is 23.4 Å². The summed E-state index contributed by atoms with van der Waals surface area (Å²) in [5.41, 5.74) is 0.178. The van der Waals surface area contributed by atoms with Crippen molar-refractivity contribution in [3.8, 4) is 5.75 Å². The van der Waals surface area contributed by atoms with Crippen molar-refractivity contribution in [1.29, 1.82) is 0 Å². The van der Waals surface area contributed by atoms with Crippen molar-refractivity contribution in [2.45, 2.75) is 24.0 Å². The maximum atomic E-state index is 13.4. The molecule has 164 valence electrons. The first-order valence-corrected chi connectivity index (χ1v) is 10.9. The molecule has 1 aliphatic heterocycles. The molecule has 1 heterocycles. The number of sulfonamides is 1. The molecular formula is C20H24F3N3O3S. The molecule has 30 heavy (non-hydrogen) atoms. The lowest BCUT2D eigenvalue weighted by Crippen LogP contribution is -2.47. The maximum Gasteiger partial charge on any atom is 0.417 e. The van der Waals surface area contributed by atoms with Crippen LogP contribution >= 0.6 is 0 Å². The molecule has 1 fully saturated rings. The van der Waals surface area contributed by atoms with Crippen molar-refractivity contribution >= 4 is 15.7 Å². The highest BCUT2D eigenvalue weighted by Crippen LogP contribution is 2.36. The van der Waals surface area contributed by atoms with Gasteiger partial charge < -0.3 is 9.64 Å². The van der Waals surface area contributed by atoms with E-state index in [9.17, 15) is 21.6 Å². The van der Waals surface area contributed by atoms with Crippen molar-refractivity contribution in [3.63, 3.8) is 0 Å². The van der Waals surface area contributed by atoms with Crippen molar-refractivity contribution < 1.29 is 26.3 Å². The van der Waals surface area contributed by atoms with Gasteiger partial charge in [-0.25, -0.2) is 13.6 Å². The topological polar surface area (TPSA) is 75.9 Å². The molecule has 2 aromatic rings. The van der Waals surface area contributed by atoms with E-state index in [1.165, 1.54) is 6.07 Å². The second-order valence-corrected chi connectivity index (χ2v) is 8.73. The van der Waals surface area contributed by atoms with Crippen LogP contribution in [-0.2, 0) is 16.2 Å². The minimum atomic E-state index is -4.82.